The van der Waals surface area contributed by atoms with E-state index < -0.39 is 29.2 Å². The van der Waals surface area contributed by atoms with Gasteiger partial charge in [-0.25, -0.2) is 4.39 Å². The second-order valence-corrected chi connectivity index (χ2v) is 3.10. The topological polar surface area (TPSA) is 80.3 Å². The molecule has 0 N–H and O–H groups in total. The molecule has 0 spiro atoms. The van der Waals surface area contributed by atoms with Crippen LogP contribution in [0.15, 0.2) is 18.2 Å². The monoisotopic (exact) mass is 210 g/mol. The maximum absolute atomic E-state index is 13.2. The molecule has 1 rings (SSSR count). The molecule has 0 radical (unpaired) electrons. The SMILES string of the molecule is Cc1ccc(C(C(=O)[O-])C(=O)[O-])c(F)c1. The zero-order valence-electron chi connectivity index (χ0n) is 7.82. The molecule has 0 saturated carbocycles. The summed E-state index contributed by atoms with van der Waals surface area (Å²) in [7, 11) is 0. The van der Waals surface area contributed by atoms with Gasteiger partial charge in [0.1, 0.15) is 5.82 Å². The molecule has 0 heterocycles. The van der Waals surface area contributed by atoms with Gasteiger partial charge in [-0.05, 0) is 18.6 Å². The molecule has 0 amide bonds. The lowest BCUT2D eigenvalue weighted by atomic mass is 9.98. The Morgan fingerprint density at radius 3 is 2.20 bits per heavy atom. The van der Waals surface area contributed by atoms with E-state index in [1.807, 2.05) is 0 Å². The van der Waals surface area contributed by atoms with E-state index in [2.05, 4.69) is 0 Å². The molecule has 1 aromatic carbocycles. The van der Waals surface area contributed by atoms with Gasteiger partial charge in [-0.1, -0.05) is 12.1 Å². The van der Waals surface area contributed by atoms with E-state index in [1.165, 1.54) is 6.07 Å². The highest BCUT2D eigenvalue weighted by Gasteiger charge is 2.18. The highest BCUT2D eigenvalue weighted by molar-refractivity contribution is 5.97. The van der Waals surface area contributed by atoms with Crippen LogP contribution in [0.4, 0.5) is 4.39 Å². The molecule has 0 aromatic heterocycles. The summed E-state index contributed by atoms with van der Waals surface area (Å²) >= 11 is 0. The summed E-state index contributed by atoms with van der Waals surface area (Å²) in [6.45, 7) is 1.60. The number of carboxylic acids is 2. The summed E-state index contributed by atoms with van der Waals surface area (Å²) in [5.74, 6) is -6.76. The molecule has 0 aliphatic rings. The average molecular weight is 210 g/mol. The number of aryl methyl sites for hydroxylation is 1. The summed E-state index contributed by atoms with van der Waals surface area (Å²) in [5, 5.41) is 21.0. The summed E-state index contributed by atoms with van der Waals surface area (Å²) in [6.07, 6.45) is 0. The summed E-state index contributed by atoms with van der Waals surface area (Å²) < 4.78 is 13.2. The Bertz CT molecular complexity index is 400. The highest BCUT2D eigenvalue weighted by atomic mass is 19.1. The van der Waals surface area contributed by atoms with E-state index in [9.17, 15) is 24.2 Å². The minimum absolute atomic E-state index is 0.458. The van der Waals surface area contributed by atoms with Gasteiger partial charge < -0.3 is 19.8 Å². The van der Waals surface area contributed by atoms with Gasteiger partial charge in [-0.2, -0.15) is 0 Å². The molecular formula is C10H7FO4-2. The van der Waals surface area contributed by atoms with Gasteiger partial charge in [0.15, 0.2) is 0 Å². The molecule has 0 aliphatic carbocycles. The first-order chi connectivity index (χ1) is 6.93. The van der Waals surface area contributed by atoms with Crippen LogP contribution in [-0.2, 0) is 9.59 Å². The van der Waals surface area contributed by atoms with Crippen molar-refractivity contribution < 1.29 is 24.2 Å². The molecule has 4 nitrogen and oxygen atoms in total. The first-order valence-electron chi connectivity index (χ1n) is 4.11. The second-order valence-electron chi connectivity index (χ2n) is 3.10. The third-order valence-corrected chi connectivity index (χ3v) is 1.94. The zero-order chi connectivity index (χ0) is 11.6. The van der Waals surface area contributed by atoms with Crippen molar-refractivity contribution >= 4 is 11.9 Å². The molecule has 5 heteroatoms. The standard InChI is InChI=1S/C10H9FO4/c1-5-2-3-6(7(11)4-5)8(9(12)13)10(14)15/h2-4,8H,1H3,(H,12,13)(H,14,15)/p-2. The van der Waals surface area contributed by atoms with Crippen LogP contribution in [0.25, 0.3) is 0 Å². The molecule has 0 saturated heterocycles. The molecule has 0 bridgehead atoms. The molecule has 0 fully saturated rings. The van der Waals surface area contributed by atoms with Gasteiger partial charge in [0.2, 0.25) is 0 Å². The van der Waals surface area contributed by atoms with Crippen molar-refractivity contribution in [3.05, 3.63) is 35.1 Å². The number of carbonyl (C=O) groups excluding carboxylic acids is 2. The van der Waals surface area contributed by atoms with Crippen LogP contribution in [-0.4, -0.2) is 11.9 Å². The Hall–Kier alpha value is -1.91. The van der Waals surface area contributed by atoms with Gasteiger partial charge in [0, 0.05) is 5.56 Å². The Morgan fingerprint density at radius 2 is 1.80 bits per heavy atom. The Kier molecular flexibility index (Phi) is 3.04. The summed E-state index contributed by atoms with van der Waals surface area (Å²) in [4.78, 5) is 21.0. The predicted molar refractivity (Wildman–Crippen MR) is 43.9 cm³/mol. The molecule has 0 atom stereocenters. The van der Waals surface area contributed by atoms with Crippen molar-refractivity contribution in [2.24, 2.45) is 0 Å². The minimum Gasteiger partial charge on any atom is -0.549 e. The van der Waals surface area contributed by atoms with E-state index in [0.29, 0.717) is 5.56 Å². The van der Waals surface area contributed by atoms with Crippen LogP contribution >= 0.6 is 0 Å². The minimum atomic E-state index is -2.08. The zero-order valence-corrected chi connectivity index (χ0v) is 7.82. The fourth-order valence-electron chi connectivity index (χ4n) is 1.22. The maximum Gasteiger partial charge on any atom is 0.127 e. The molecule has 80 valence electrons. The number of hydrogen-bond donors (Lipinski definition) is 0. The van der Waals surface area contributed by atoms with E-state index in [4.69, 9.17) is 0 Å². The number of halogens is 1. The van der Waals surface area contributed by atoms with Crippen LogP contribution in [0.3, 0.4) is 0 Å². The number of rotatable bonds is 3. The van der Waals surface area contributed by atoms with E-state index in [0.717, 1.165) is 12.1 Å². The van der Waals surface area contributed by atoms with Gasteiger partial charge in [0.05, 0.1) is 17.9 Å². The number of hydrogen-bond acceptors (Lipinski definition) is 4. The van der Waals surface area contributed by atoms with Crippen molar-refractivity contribution in [1.82, 2.24) is 0 Å². The third-order valence-electron chi connectivity index (χ3n) is 1.94. The summed E-state index contributed by atoms with van der Waals surface area (Å²) in [5.41, 5.74) is 0.104. The Balaban J connectivity index is 3.23. The van der Waals surface area contributed by atoms with Gasteiger partial charge in [0.25, 0.3) is 0 Å². The number of benzene rings is 1. The largest absolute Gasteiger partial charge is 0.549 e. The van der Waals surface area contributed by atoms with E-state index in [1.54, 1.807) is 6.92 Å². The fraction of sp³-hybridized carbons (Fsp3) is 0.200. The molecule has 0 unspecified atom stereocenters. The van der Waals surface area contributed by atoms with Crippen LogP contribution in [0.2, 0.25) is 0 Å². The number of carboxylic acid groups (broad SMARTS) is 2. The summed E-state index contributed by atoms with van der Waals surface area (Å²) in [6, 6.07) is 3.56. The Morgan fingerprint density at radius 1 is 1.27 bits per heavy atom. The van der Waals surface area contributed by atoms with Crippen molar-refractivity contribution in [3.63, 3.8) is 0 Å². The van der Waals surface area contributed by atoms with Crippen LogP contribution < -0.4 is 10.2 Å². The quantitative estimate of drug-likeness (QED) is 0.582. The molecule has 1 aromatic rings. The van der Waals surface area contributed by atoms with Crippen molar-refractivity contribution in [2.45, 2.75) is 12.8 Å². The van der Waals surface area contributed by atoms with Gasteiger partial charge in [-0.15, -0.1) is 0 Å². The van der Waals surface area contributed by atoms with Crippen LogP contribution in [0.1, 0.15) is 17.0 Å². The number of carbonyl (C=O) groups is 2. The third kappa shape index (κ3) is 2.31. The molecule has 0 aliphatic heterocycles. The number of aliphatic carboxylic acids is 2. The molecular weight excluding hydrogens is 203 g/mol. The lowest BCUT2D eigenvalue weighted by Gasteiger charge is -2.20. The normalized spacial score (nSPS) is 10.3. The van der Waals surface area contributed by atoms with Crippen molar-refractivity contribution in [1.29, 1.82) is 0 Å². The second kappa shape index (κ2) is 4.08. The molecule has 15 heavy (non-hydrogen) atoms. The first kappa shape index (κ1) is 11.2. The lowest BCUT2D eigenvalue weighted by Crippen LogP contribution is -2.42. The first-order valence-corrected chi connectivity index (χ1v) is 4.11. The highest BCUT2D eigenvalue weighted by Crippen LogP contribution is 2.19. The van der Waals surface area contributed by atoms with Crippen LogP contribution in [0, 0.1) is 12.7 Å². The smallest absolute Gasteiger partial charge is 0.127 e. The van der Waals surface area contributed by atoms with Gasteiger partial charge in [-0.3, -0.25) is 0 Å². The van der Waals surface area contributed by atoms with Crippen molar-refractivity contribution in [3.8, 4) is 0 Å². The Labute approximate surface area is 85.0 Å². The van der Waals surface area contributed by atoms with Crippen molar-refractivity contribution in [2.75, 3.05) is 0 Å². The van der Waals surface area contributed by atoms with E-state index in [-0.39, 0.29) is 0 Å². The van der Waals surface area contributed by atoms with E-state index >= 15 is 0 Å². The predicted octanol–water partition coefficient (Wildman–Crippen LogP) is -1.28. The maximum atomic E-state index is 13.2. The van der Waals surface area contributed by atoms with Gasteiger partial charge >= 0.3 is 0 Å². The average Bonchev–Trinajstić information content (AvgIpc) is 2.08. The fourth-order valence-corrected chi connectivity index (χ4v) is 1.22. The van der Waals surface area contributed by atoms with Crippen LogP contribution in [0.5, 0.6) is 0 Å². The lowest BCUT2D eigenvalue weighted by molar-refractivity contribution is -0.326.